The van der Waals surface area contributed by atoms with Crippen molar-refractivity contribution < 1.29 is 28.5 Å². The first kappa shape index (κ1) is 32.0. The molecule has 0 saturated carbocycles. The number of hydrogen-bond acceptors (Lipinski definition) is 10. The topological polar surface area (TPSA) is 133 Å². The molecule has 1 fully saturated rings. The molecule has 1 aliphatic heterocycles. The van der Waals surface area contributed by atoms with Gasteiger partial charge in [-0.05, 0) is 37.0 Å². The van der Waals surface area contributed by atoms with Crippen LogP contribution < -0.4 is 10.2 Å². The van der Waals surface area contributed by atoms with E-state index in [1.54, 1.807) is 37.5 Å². The molecule has 43 heavy (non-hydrogen) atoms. The van der Waals surface area contributed by atoms with E-state index in [-0.39, 0.29) is 38.1 Å². The smallest absolute Gasteiger partial charge is 0.410 e. The Morgan fingerprint density at radius 2 is 2.00 bits per heavy atom. The fraction of sp³-hybridized carbons (Fsp3) is 0.567. The van der Waals surface area contributed by atoms with Gasteiger partial charge in [0.25, 0.3) is 0 Å². The molecule has 0 aromatic carbocycles. The van der Waals surface area contributed by atoms with Gasteiger partial charge >= 0.3 is 6.09 Å². The number of allylic oxidation sites excluding steroid dienone is 1. The molecule has 13 nitrogen and oxygen atoms in total. The molecule has 2 aromatic rings. The van der Waals surface area contributed by atoms with E-state index >= 15 is 0 Å². The Hall–Kier alpha value is -3.97. The monoisotopic (exact) mass is 597 g/mol. The predicted octanol–water partition coefficient (Wildman–Crippen LogP) is 2.83. The maximum absolute atomic E-state index is 13.6. The molecule has 234 valence electrons. The van der Waals surface area contributed by atoms with E-state index in [9.17, 15) is 9.59 Å². The van der Waals surface area contributed by atoms with Gasteiger partial charge in [0.05, 0.1) is 25.0 Å². The zero-order valence-corrected chi connectivity index (χ0v) is 25.7. The van der Waals surface area contributed by atoms with Gasteiger partial charge in [0.1, 0.15) is 30.6 Å². The van der Waals surface area contributed by atoms with Crippen molar-refractivity contribution in [3.63, 3.8) is 0 Å². The van der Waals surface area contributed by atoms with Gasteiger partial charge in [-0.25, -0.2) is 14.8 Å². The molecular formula is C30H43N7O6. The predicted molar refractivity (Wildman–Crippen MR) is 160 cm³/mol. The minimum absolute atomic E-state index is 0.105. The van der Waals surface area contributed by atoms with Gasteiger partial charge in [-0.3, -0.25) is 14.3 Å². The second-order valence-corrected chi connectivity index (χ2v) is 10.8. The van der Waals surface area contributed by atoms with Crippen LogP contribution in [0.1, 0.15) is 44.7 Å². The quantitative estimate of drug-likeness (QED) is 0.344. The molecule has 1 N–H and O–H groups in total. The van der Waals surface area contributed by atoms with Crippen molar-refractivity contribution in [1.29, 1.82) is 0 Å². The number of imidazole rings is 1. The second-order valence-electron chi connectivity index (χ2n) is 10.8. The number of anilines is 1. The van der Waals surface area contributed by atoms with E-state index in [2.05, 4.69) is 24.1 Å². The highest BCUT2D eigenvalue weighted by atomic mass is 16.6. The minimum atomic E-state index is -0.781. The summed E-state index contributed by atoms with van der Waals surface area (Å²) < 4.78 is 23.3. The van der Waals surface area contributed by atoms with Crippen LogP contribution in [0.3, 0.4) is 0 Å². The van der Waals surface area contributed by atoms with E-state index in [0.29, 0.717) is 44.1 Å². The number of carbonyl (C=O) groups excluding carboxylic acids is 2. The molecule has 2 aliphatic rings. The van der Waals surface area contributed by atoms with Crippen LogP contribution in [0.4, 0.5) is 10.6 Å². The maximum Gasteiger partial charge on any atom is 0.410 e. The van der Waals surface area contributed by atoms with Crippen molar-refractivity contribution in [2.45, 2.75) is 50.7 Å². The first-order valence-electron chi connectivity index (χ1n) is 14.6. The number of nitrogens with zero attached hydrogens (tertiary/aromatic N) is 6. The number of rotatable bonds is 13. The number of carbonyl (C=O) groups is 2. The lowest BCUT2D eigenvalue weighted by atomic mass is 9.89. The van der Waals surface area contributed by atoms with E-state index in [1.165, 1.54) is 12.0 Å². The number of ether oxygens (including phenoxy) is 4. The lowest BCUT2D eigenvalue weighted by Gasteiger charge is -2.40. The van der Waals surface area contributed by atoms with Crippen LogP contribution in [-0.2, 0) is 23.7 Å². The Morgan fingerprint density at radius 3 is 2.65 bits per heavy atom. The third kappa shape index (κ3) is 8.11. The van der Waals surface area contributed by atoms with Crippen molar-refractivity contribution in [1.82, 2.24) is 29.7 Å². The van der Waals surface area contributed by atoms with E-state index in [4.69, 9.17) is 28.9 Å². The molecule has 1 saturated heterocycles. The highest BCUT2D eigenvalue weighted by Gasteiger charge is 2.37. The van der Waals surface area contributed by atoms with Crippen molar-refractivity contribution in [3.8, 4) is 5.95 Å². The molecule has 2 unspecified atom stereocenters. The Labute approximate surface area is 252 Å². The summed E-state index contributed by atoms with van der Waals surface area (Å²) in [6.45, 7) is 5.95. The maximum atomic E-state index is 13.6. The fourth-order valence-electron chi connectivity index (χ4n) is 5.07. The molecular weight excluding hydrogens is 554 g/mol. The van der Waals surface area contributed by atoms with Crippen LogP contribution in [0.15, 0.2) is 48.8 Å². The van der Waals surface area contributed by atoms with Gasteiger partial charge in [0.2, 0.25) is 11.9 Å². The van der Waals surface area contributed by atoms with Gasteiger partial charge in [-0.15, -0.1) is 0 Å². The largest absolute Gasteiger partial charge is 0.497 e. The summed E-state index contributed by atoms with van der Waals surface area (Å²) in [5.74, 6) is 1.89. The van der Waals surface area contributed by atoms with Crippen molar-refractivity contribution in [2.24, 2.45) is 0 Å². The van der Waals surface area contributed by atoms with E-state index in [1.807, 2.05) is 29.2 Å². The summed E-state index contributed by atoms with van der Waals surface area (Å²) >= 11 is 0. The Morgan fingerprint density at radius 1 is 1.16 bits per heavy atom. The van der Waals surface area contributed by atoms with Gasteiger partial charge in [0.15, 0.2) is 0 Å². The zero-order chi connectivity index (χ0) is 30.8. The molecule has 1 aliphatic carbocycles. The number of nitrogens with one attached hydrogen (secondary N) is 1. The number of piperazine rings is 1. The number of methoxy groups -OCH3 is 3. The molecule has 0 bridgehead atoms. The summed E-state index contributed by atoms with van der Waals surface area (Å²) in [7, 11) is 4.87. The Bertz CT molecular complexity index is 1280. The van der Waals surface area contributed by atoms with Crippen molar-refractivity contribution >= 4 is 17.8 Å². The molecule has 0 radical (unpaired) electrons. The van der Waals surface area contributed by atoms with Gasteiger partial charge in [-0.1, -0.05) is 13.8 Å². The van der Waals surface area contributed by atoms with Crippen LogP contribution >= 0.6 is 0 Å². The van der Waals surface area contributed by atoms with Crippen LogP contribution in [0.2, 0.25) is 0 Å². The van der Waals surface area contributed by atoms with E-state index in [0.717, 1.165) is 11.5 Å². The summed E-state index contributed by atoms with van der Waals surface area (Å²) in [5.41, 5.74) is 0.423. The van der Waals surface area contributed by atoms with E-state index < -0.39 is 17.7 Å². The molecule has 13 heteroatoms. The summed E-state index contributed by atoms with van der Waals surface area (Å²) in [4.78, 5) is 43.7. The summed E-state index contributed by atoms with van der Waals surface area (Å²) in [5, 5.41) is 3.04. The summed E-state index contributed by atoms with van der Waals surface area (Å²) in [6, 6.07) is 1.16. The first-order chi connectivity index (χ1) is 20.8. The normalized spacial score (nSPS) is 20.2. The number of aromatic nitrogens is 4. The molecule has 2 atom stereocenters. The lowest BCUT2D eigenvalue weighted by molar-refractivity contribution is -0.126. The van der Waals surface area contributed by atoms with Gasteiger partial charge in [-0.2, -0.15) is 4.98 Å². The number of amides is 2. The van der Waals surface area contributed by atoms with Crippen LogP contribution in [0.5, 0.6) is 0 Å². The Balaban J connectivity index is 1.47. The molecule has 3 heterocycles. The first-order valence-corrected chi connectivity index (χ1v) is 14.6. The average Bonchev–Trinajstić information content (AvgIpc) is 3.58. The minimum Gasteiger partial charge on any atom is -0.497 e. The second kappa shape index (κ2) is 15.0. The molecule has 2 aromatic heterocycles. The molecule has 2 amide bonds. The van der Waals surface area contributed by atoms with Crippen molar-refractivity contribution in [2.75, 3.05) is 65.6 Å². The fourth-order valence-corrected chi connectivity index (χ4v) is 5.07. The average molecular weight is 598 g/mol. The third-order valence-electron chi connectivity index (χ3n) is 7.72. The lowest BCUT2D eigenvalue weighted by Crippen LogP contribution is -2.61. The summed E-state index contributed by atoms with van der Waals surface area (Å²) in [6.07, 6.45) is 12.6. The standard InChI is InChI=1S/C30H43N7O6/c1-22(2)24-19-26(34-28(33-24)36-14-13-31-21-36)35-15-16-37(29(39)43-18-17-40-3)25(20-35)27(38)32-12-6-9-30(42-5)10-7-23(41-4)8-11-30/h7-8,10,13-14,19,21-22,25H,6,9,11-12,15-18,20H2,1-5H3,(H,32,38). The van der Waals surface area contributed by atoms with Crippen LogP contribution in [0, 0.1) is 0 Å². The zero-order valence-electron chi connectivity index (χ0n) is 25.7. The highest BCUT2D eigenvalue weighted by Crippen LogP contribution is 2.29. The number of hydrogen-bond donors (Lipinski definition) is 1. The van der Waals surface area contributed by atoms with Crippen LogP contribution in [-0.4, -0.2) is 109 Å². The SMILES string of the molecule is COCCOC(=O)N1CCN(c2cc(C(C)C)nc(-n3ccnc3)n2)CC1C(=O)NCCCC1(OC)C=CC(OC)=CC1. The Kier molecular flexibility index (Phi) is 11.1. The van der Waals surface area contributed by atoms with Crippen LogP contribution in [0.25, 0.3) is 5.95 Å². The highest BCUT2D eigenvalue weighted by molar-refractivity contribution is 5.86. The third-order valence-corrected chi connectivity index (χ3v) is 7.72. The molecule has 0 spiro atoms. The molecule has 4 rings (SSSR count). The van der Waals surface area contributed by atoms with Gasteiger partial charge < -0.3 is 29.2 Å². The van der Waals surface area contributed by atoms with Gasteiger partial charge in [0, 0.05) is 65.3 Å². The van der Waals surface area contributed by atoms with Crippen molar-refractivity contribution in [3.05, 3.63) is 54.5 Å².